The largest absolute Gasteiger partial charge is 0.320 e. The molecule has 0 saturated heterocycles. The molecular formula is C6H13N5. The molecule has 5 heteroatoms. The van der Waals surface area contributed by atoms with E-state index in [0.29, 0.717) is 5.92 Å². The lowest BCUT2D eigenvalue weighted by Crippen LogP contribution is -2.11. The molecule has 1 aromatic heterocycles. The van der Waals surface area contributed by atoms with Crippen LogP contribution in [0.3, 0.4) is 0 Å². The second-order valence-corrected chi connectivity index (χ2v) is 2.56. The molecule has 1 rings (SSSR count). The van der Waals surface area contributed by atoms with E-state index in [9.17, 15) is 0 Å². The van der Waals surface area contributed by atoms with Crippen LogP contribution in [0.5, 0.6) is 0 Å². The van der Waals surface area contributed by atoms with Crippen molar-refractivity contribution in [2.75, 3.05) is 13.6 Å². The molecule has 0 aliphatic heterocycles. The van der Waals surface area contributed by atoms with E-state index in [1.807, 2.05) is 7.05 Å². The van der Waals surface area contributed by atoms with Gasteiger partial charge in [0.1, 0.15) is 0 Å². The number of tetrazole rings is 1. The third-order valence-electron chi connectivity index (χ3n) is 1.63. The molecule has 0 radical (unpaired) electrons. The van der Waals surface area contributed by atoms with Gasteiger partial charge in [0.15, 0.2) is 5.82 Å². The average molecular weight is 155 g/mol. The third-order valence-corrected chi connectivity index (χ3v) is 1.63. The maximum absolute atomic E-state index is 3.89. The average Bonchev–Trinajstić information content (AvgIpc) is 2.52. The normalized spacial score (nSPS) is 13.3. The standard InChI is InChI=1S/C6H13N5/c1-5(3-4-7-2)6-8-10-11-9-6/h5,7H,3-4H2,1-2H3,(H,8,9,10,11). The number of hydrogen-bond donors (Lipinski definition) is 2. The second kappa shape index (κ2) is 4.02. The van der Waals surface area contributed by atoms with Crippen molar-refractivity contribution in [2.45, 2.75) is 19.3 Å². The zero-order chi connectivity index (χ0) is 8.10. The summed E-state index contributed by atoms with van der Waals surface area (Å²) in [5.41, 5.74) is 0. The van der Waals surface area contributed by atoms with Crippen molar-refractivity contribution < 1.29 is 0 Å². The summed E-state index contributed by atoms with van der Waals surface area (Å²) >= 11 is 0. The molecule has 0 saturated carbocycles. The van der Waals surface area contributed by atoms with E-state index in [0.717, 1.165) is 18.8 Å². The zero-order valence-electron chi connectivity index (χ0n) is 6.83. The Morgan fingerprint density at radius 3 is 3.00 bits per heavy atom. The van der Waals surface area contributed by atoms with Crippen LogP contribution in [0.2, 0.25) is 0 Å². The van der Waals surface area contributed by atoms with Gasteiger partial charge in [-0.1, -0.05) is 12.1 Å². The Morgan fingerprint density at radius 2 is 2.45 bits per heavy atom. The first-order valence-electron chi connectivity index (χ1n) is 3.72. The molecule has 11 heavy (non-hydrogen) atoms. The molecular weight excluding hydrogens is 142 g/mol. The molecule has 0 spiro atoms. The highest BCUT2D eigenvalue weighted by Crippen LogP contribution is 2.10. The number of aromatic amines is 1. The highest BCUT2D eigenvalue weighted by molar-refractivity contribution is 4.87. The smallest absolute Gasteiger partial charge is 0.177 e. The molecule has 5 nitrogen and oxygen atoms in total. The Hall–Kier alpha value is -0.970. The predicted octanol–water partition coefficient (Wildman–Crippen LogP) is -0.0873. The highest BCUT2D eigenvalue weighted by atomic mass is 15.5. The summed E-state index contributed by atoms with van der Waals surface area (Å²) in [4.78, 5) is 0. The molecule has 0 bridgehead atoms. The lowest BCUT2D eigenvalue weighted by molar-refractivity contribution is 0.608. The molecule has 1 atom stereocenters. The fraction of sp³-hybridized carbons (Fsp3) is 0.833. The molecule has 0 fully saturated rings. The van der Waals surface area contributed by atoms with Crippen molar-refractivity contribution in [1.82, 2.24) is 25.9 Å². The van der Waals surface area contributed by atoms with Gasteiger partial charge in [-0.15, -0.1) is 10.2 Å². The number of H-pyrrole nitrogens is 1. The summed E-state index contributed by atoms with van der Waals surface area (Å²) in [6.07, 6.45) is 1.04. The van der Waals surface area contributed by atoms with E-state index in [1.165, 1.54) is 0 Å². The van der Waals surface area contributed by atoms with Crippen LogP contribution < -0.4 is 5.32 Å². The molecule has 1 unspecified atom stereocenters. The minimum absolute atomic E-state index is 0.376. The molecule has 2 N–H and O–H groups in total. The number of nitrogens with one attached hydrogen (secondary N) is 2. The maximum Gasteiger partial charge on any atom is 0.177 e. The topological polar surface area (TPSA) is 66.5 Å². The fourth-order valence-corrected chi connectivity index (χ4v) is 0.868. The number of rotatable bonds is 4. The Bertz CT molecular complexity index is 183. The molecule has 0 aliphatic rings. The molecule has 0 aliphatic carbocycles. The first-order valence-corrected chi connectivity index (χ1v) is 3.72. The van der Waals surface area contributed by atoms with Crippen molar-refractivity contribution >= 4 is 0 Å². The van der Waals surface area contributed by atoms with Gasteiger partial charge in [0.05, 0.1) is 0 Å². The van der Waals surface area contributed by atoms with Gasteiger partial charge in [-0.05, 0) is 20.0 Å². The Kier molecular flexibility index (Phi) is 2.97. The Labute approximate surface area is 65.6 Å². The number of nitrogens with zero attached hydrogens (tertiary/aromatic N) is 3. The lowest BCUT2D eigenvalue weighted by Gasteiger charge is -2.04. The SMILES string of the molecule is CNCCC(C)c1nn[nH]n1. The maximum atomic E-state index is 3.89. The van der Waals surface area contributed by atoms with Crippen LogP contribution in [0.25, 0.3) is 0 Å². The van der Waals surface area contributed by atoms with Crippen LogP contribution >= 0.6 is 0 Å². The van der Waals surface area contributed by atoms with E-state index in [-0.39, 0.29) is 0 Å². The molecule has 0 aromatic carbocycles. The van der Waals surface area contributed by atoms with Crippen molar-refractivity contribution in [3.05, 3.63) is 5.82 Å². The van der Waals surface area contributed by atoms with Crippen molar-refractivity contribution in [1.29, 1.82) is 0 Å². The second-order valence-electron chi connectivity index (χ2n) is 2.56. The number of aromatic nitrogens is 4. The third kappa shape index (κ3) is 2.27. The Morgan fingerprint density at radius 1 is 1.64 bits per heavy atom. The summed E-state index contributed by atoms with van der Waals surface area (Å²) in [5.74, 6) is 1.17. The van der Waals surface area contributed by atoms with E-state index in [4.69, 9.17) is 0 Å². The van der Waals surface area contributed by atoms with Gasteiger partial charge in [0.2, 0.25) is 0 Å². The molecule has 1 aromatic rings. The summed E-state index contributed by atoms with van der Waals surface area (Å²) in [6, 6.07) is 0. The van der Waals surface area contributed by atoms with Crippen LogP contribution in [-0.4, -0.2) is 34.2 Å². The van der Waals surface area contributed by atoms with Crippen LogP contribution in [-0.2, 0) is 0 Å². The first-order chi connectivity index (χ1) is 5.34. The first kappa shape index (κ1) is 8.13. The Balaban J connectivity index is 2.36. The van der Waals surface area contributed by atoms with Crippen LogP contribution in [0, 0.1) is 0 Å². The van der Waals surface area contributed by atoms with Crippen molar-refractivity contribution in [2.24, 2.45) is 0 Å². The van der Waals surface area contributed by atoms with Gasteiger partial charge in [-0.3, -0.25) is 0 Å². The fourth-order valence-electron chi connectivity index (χ4n) is 0.868. The summed E-state index contributed by atoms with van der Waals surface area (Å²) in [6.45, 7) is 3.07. The summed E-state index contributed by atoms with van der Waals surface area (Å²) < 4.78 is 0. The van der Waals surface area contributed by atoms with E-state index < -0.39 is 0 Å². The summed E-state index contributed by atoms with van der Waals surface area (Å²) in [5, 5.41) is 16.8. The number of hydrogen-bond acceptors (Lipinski definition) is 4. The van der Waals surface area contributed by atoms with Crippen LogP contribution in [0.15, 0.2) is 0 Å². The van der Waals surface area contributed by atoms with Crippen molar-refractivity contribution in [3.63, 3.8) is 0 Å². The highest BCUT2D eigenvalue weighted by Gasteiger charge is 2.08. The van der Waals surface area contributed by atoms with Crippen LogP contribution in [0.1, 0.15) is 25.1 Å². The van der Waals surface area contributed by atoms with Gasteiger partial charge in [0.25, 0.3) is 0 Å². The van der Waals surface area contributed by atoms with E-state index >= 15 is 0 Å². The van der Waals surface area contributed by atoms with Gasteiger partial charge in [-0.25, -0.2) is 0 Å². The molecule has 1 heterocycles. The molecule has 62 valence electrons. The predicted molar refractivity (Wildman–Crippen MR) is 41.1 cm³/mol. The monoisotopic (exact) mass is 155 g/mol. The van der Waals surface area contributed by atoms with Gasteiger partial charge >= 0.3 is 0 Å². The summed E-state index contributed by atoms with van der Waals surface area (Å²) in [7, 11) is 1.93. The van der Waals surface area contributed by atoms with Gasteiger partial charge in [0, 0.05) is 5.92 Å². The minimum Gasteiger partial charge on any atom is -0.320 e. The van der Waals surface area contributed by atoms with Gasteiger partial charge < -0.3 is 5.32 Å². The molecule has 0 amide bonds. The van der Waals surface area contributed by atoms with E-state index in [2.05, 4.69) is 32.9 Å². The quantitative estimate of drug-likeness (QED) is 0.638. The minimum atomic E-state index is 0.376. The van der Waals surface area contributed by atoms with Gasteiger partial charge in [-0.2, -0.15) is 5.21 Å². The van der Waals surface area contributed by atoms with Crippen molar-refractivity contribution in [3.8, 4) is 0 Å². The lowest BCUT2D eigenvalue weighted by atomic mass is 10.1. The van der Waals surface area contributed by atoms with E-state index in [1.54, 1.807) is 0 Å². The van der Waals surface area contributed by atoms with Crippen LogP contribution in [0.4, 0.5) is 0 Å². The zero-order valence-corrected chi connectivity index (χ0v) is 6.83.